The van der Waals surface area contributed by atoms with Gasteiger partial charge in [-0.1, -0.05) is 19.1 Å². The molecule has 0 saturated heterocycles. The molecule has 0 spiro atoms. The molecule has 0 unspecified atom stereocenters. The van der Waals surface area contributed by atoms with Gasteiger partial charge in [0.05, 0.1) is 0 Å². The van der Waals surface area contributed by atoms with E-state index in [0.29, 0.717) is 12.2 Å². The highest BCUT2D eigenvalue weighted by Gasteiger charge is 2.26. The van der Waals surface area contributed by atoms with Gasteiger partial charge in [0.15, 0.2) is 0 Å². The molecule has 0 aliphatic heterocycles. The minimum absolute atomic E-state index is 0.148. The van der Waals surface area contributed by atoms with Crippen LogP contribution in [-0.2, 0) is 11.2 Å². The molecule has 0 aliphatic rings. The Labute approximate surface area is 138 Å². The van der Waals surface area contributed by atoms with Crippen molar-refractivity contribution in [3.05, 3.63) is 41.7 Å². The second-order valence-electron chi connectivity index (χ2n) is 5.49. The number of amides is 1. The molecule has 2 aromatic rings. The van der Waals surface area contributed by atoms with Crippen molar-refractivity contribution in [2.75, 3.05) is 6.54 Å². The van der Waals surface area contributed by atoms with Crippen LogP contribution in [0.25, 0.3) is 5.69 Å². The van der Waals surface area contributed by atoms with Crippen molar-refractivity contribution in [1.29, 1.82) is 0 Å². The Hall–Kier alpha value is -2.77. The van der Waals surface area contributed by atoms with Crippen LogP contribution in [0.15, 0.2) is 24.3 Å². The minimum Gasteiger partial charge on any atom is -0.480 e. The van der Waals surface area contributed by atoms with Crippen LogP contribution >= 0.6 is 0 Å². The number of para-hydroxylation sites is 1. The molecule has 0 atom stereocenters. The van der Waals surface area contributed by atoms with Gasteiger partial charge >= 0.3 is 5.97 Å². The van der Waals surface area contributed by atoms with E-state index in [-0.39, 0.29) is 17.6 Å². The van der Waals surface area contributed by atoms with E-state index >= 15 is 0 Å². The first-order chi connectivity index (χ1) is 11.3. The topological polar surface area (TPSA) is 88.3 Å². The number of aliphatic carboxylic acids is 1. The van der Waals surface area contributed by atoms with Crippen molar-refractivity contribution >= 4 is 11.9 Å². The van der Waals surface area contributed by atoms with Crippen LogP contribution in [0, 0.1) is 5.82 Å². The van der Waals surface area contributed by atoms with Crippen LogP contribution in [0.2, 0.25) is 0 Å². The Morgan fingerprint density at radius 2 is 2.00 bits per heavy atom. The number of hydrogen-bond acceptors (Lipinski definition) is 4. The van der Waals surface area contributed by atoms with Crippen molar-refractivity contribution in [2.45, 2.75) is 33.2 Å². The smallest absolute Gasteiger partial charge is 0.323 e. The van der Waals surface area contributed by atoms with Gasteiger partial charge in [0.2, 0.25) is 5.82 Å². The molecule has 1 aromatic heterocycles. The summed E-state index contributed by atoms with van der Waals surface area (Å²) >= 11 is 0. The molecular formula is C16H19FN4O3. The third-order valence-corrected chi connectivity index (χ3v) is 3.45. The van der Waals surface area contributed by atoms with Gasteiger partial charge in [-0.2, -0.15) is 0 Å². The van der Waals surface area contributed by atoms with Crippen LogP contribution in [0.4, 0.5) is 4.39 Å². The monoisotopic (exact) mass is 334 g/mol. The third-order valence-electron chi connectivity index (χ3n) is 3.45. The number of carbonyl (C=O) groups excluding carboxylic acids is 1. The average Bonchev–Trinajstić information content (AvgIpc) is 2.96. The van der Waals surface area contributed by atoms with E-state index in [9.17, 15) is 14.0 Å². The average molecular weight is 334 g/mol. The lowest BCUT2D eigenvalue weighted by molar-refractivity contribution is -0.138. The second-order valence-corrected chi connectivity index (χ2v) is 5.49. The summed E-state index contributed by atoms with van der Waals surface area (Å²) in [6.07, 6.45) is 0.440. The number of aromatic nitrogens is 3. The lowest BCUT2D eigenvalue weighted by atomic mass is 10.3. The number of halogens is 1. The summed E-state index contributed by atoms with van der Waals surface area (Å²) in [5.74, 6) is -1.94. The number of carbonyl (C=O) groups is 2. The number of rotatable bonds is 6. The van der Waals surface area contributed by atoms with Gasteiger partial charge in [0.1, 0.15) is 23.9 Å². The van der Waals surface area contributed by atoms with Crippen LogP contribution in [0.1, 0.15) is 37.2 Å². The highest BCUT2D eigenvalue weighted by molar-refractivity contribution is 5.92. The maximum Gasteiger partial charge on any atom is 0.323 e. The molecule has 7 nitrogen and oxygen atoms in total. The van der Waals surface area contributed by atoms with E-state index in [1.165, 1.54) is 16.8 Å². The molecule has 24 heavy (non-hydrogen) atoms. The molecule has 8 heteroatoms. The standard InChI is InChI=1S/C16H19FN4O3/c1-4-13-18-15(16(24)20(10(2)3)9-14(22)23)19-21(13)12-8-6-5-7-11(12)17/h5-8,10H,4,9H2,1-3H3,(H,22,23). The summed E-state index contributed by atoms with van der Waals surface area (Å²) < 4.78 is 15.3. The van der Waals surface area contributed by atoms with E-state index < -0.39 is 24.2 Å². The molecule has 0 radical (unpaired) electrons. The summed E-state index contributed by atoms with van der Waals surface area (Å²) in [4.78, 5) is 28.8. The van der Waals surface area contributed by atoms with E-state index in [2.05, 4.69) is 10.1 Å². The quantitative estimate of drug-likeness (QED) is 0.872. The first-order valence-electron chi connectivity index (χ1n) is 7.58. The van der Waals surface area contributed by atoms with Crippen molar-refractivity contribution in [3.8, 4) is 5.69 Å². The van der Waals surface area contributed by atoms with E-state index in [1.807, 2.05) is 6.92 Å². The van der Waals surface area contributed by atoms with Crippen LogP contribution in [0.3, 0.4) is 0 Å². The normalized spacial score (nSPS) is 10.9. The van der Waals surface area contributed by atoms with Gasteiger partial charge in [-0.3, -0.25) is 9.59 Å². The van der Waals surface area contributed by atoms with E-state index in [4.69, 9.17) is 5.11 Å². The number of benzene rings is 1. The summed E-state index contributed by atoms with van der Waals surface area (Å²) in [5.41, 5.74) is 0.190. The molecule has 0 aliphatic carbocycles. The molecule has 1 heterocycles. The predicted octanol–water partition coefficient (Wildman–Crippen LogP) is 1.90. The van der Waals surface area contributed by atoms with Crippen molar-refractivity contribution in [3.63, 3.8) is 0 Å². The Balaban J connectivity index is 2.44. The molecule has 0 saturated carbocycles. The zero-order valence-electron chi connectivity index (χ0n) is 13.7. The fraction of sp³-hybridized carbons (Fsp3) is 0.375. The fourth-order valence-electron chi connectivity index (χ4n) is 2.24. The maximum absolute atomic E-state index is 14.0. The van der Waals surface area contributed by atoms with Crippen LogP contribution in [-0.4, -0.2) is 49.2 Å². The maximum atomic E-state index is 14.0. The van der Waals surface area contributed by atoms with Crippen molar-refractivity contribution in [1.82, 2.24) is 19.7 Å². The number of aryl methyl sites for hydroxylation is 1. The number of carboxylic acid groups (broad SMARTS) is 1. The first kappa shape index (κ1) is 17.6. The Kier molecular flexibility index (Phi) is 5.28. The lowest BCUT2D eigenvalue weighted by Gasteiger charge is -2.23. The van der Waals surface area contributed by atoms with Crippen molar-refractivity contribution < 1.29 is 19.1 Å². The van der Waals surface area contributed by atoms with Gasteiger partial charge in [-0.15, -0.1) is 5.10 Å². The molecule has 2 rings (SSSR count). The summed E-state index contributed by atoms with van der Waals surface area (Å²) in [6, 6.07) is 5.71. The lowest BCUT2D eigenvalue weighted by Crippen LogP contribution is -2.41. The molecule has 1 aromatic carbocycles. The van der Waals surface area contributed by atoms with Crippen LogP contribution in [0.5, 0.6) is 0 Å². The van der Waals surface area contributed by atoms with Gasteiger partial charge in [-0.05, 0) is 26.0 Å². The second kappa shape index (κ2) is 7.20. The zero-order valence-corrected chi connectivity index (χ0v) is 13.7. The molecule has 1 N–H and O–H groups in total. The van der Waals surface area contributed by atoms with E-state index in [1.54, 1.807) is 26.0 Å². The Morgan fingerprint density at radius 1 is 1.33 bits per heavy atom. The number of hydrogen-bond donors (Lipinski definition) is 1. The summed E-state index contributed by atoms with van der Waals surface area (Å²) in [5, 5.41) is 13.1. The molecule has 1 amide bonds. The summed E-state index contributed by atoms with van der Waals surface area (Å²) in [6.45, 7) is 4.77. The highest BCUT2D eigenvalue weighted by atomic mass is 19.1. The van der Waals surface area contributed by atoms with Crippen LogP contribution < -0.4 is 0 Å². The van der Waals surface area contributed by atoms with Gasteiger partial charge in [-0.25, -0.2) is 14.1 Å². The zero-order chi connectivity index (χ0) is 17.9. The van der Waals surface area contributed by atoms with Crippen molar-refractivity contribution in [2.24, 2.45) is 0 Å². The van der Waals surface area contributed by atoms with Gasteiger partial charge in [0.25, 0.3) is 5.91 Å². The number of carboxylic acids is 1. The third kappa shape index (κ3) is 3.58. The first-order valence-corrected chi connectivity index (χ1v) is 7.58. The van der Waals surface area contributed by atoms with Gasteiger partial charge < -0.3 is 10.0 Å². The van der Waals surface area contributed by atoms with E-state index in [0.717, 1.165) is 4.90 Å². The largest absolute Gasteiger partial charge is 0.480 e. The predicted molar refractivity (Wildman–Crippen MR) is 84.5 cm³/mol. The van der Waals surface area contributed by atoms with Gasteiger partial charge in [0, 0.05) is 12.5 Å². The fourth-order valence-corrected chi connectivity index (χ4v) is 2.24. The highest BCUT2D eigenvalue weighted by Crippen LogP contribution is 2.15. The Bertz CT molecular complexity index is 758. The summed E-state index contributed by atoms with van der Waals surface area (Å²) in [7, 11) is 0. The molecule has 128 valence electrons. The Morgan fingerprint density at radius 3 is 2.54 bits per heavy atom. The SMILES string of the molecule is CCc1nc(C(=O)N(CC(=O)O)C(C)C)nn1-c1ccccc1F. The number of nitrogens with zero attached hydrogens (tertiary/aromatic N) is 4. The molecule has 0 fully saturated rings. The molecular weight excluding hydrogens is 315 g/mol. The minimum atomic E-state index is -1.12. The molecule has 0 bridgehead atoms.